The Morgan fingerprint density at radius 2 is 2.04 bits per heavy atom. The van der Waals surface area contributed by atoms with Crippen molar-refractivity contribution in [3.63, 3.8) is 0 Å². The maximum absolute atomic E-state index is 13.3. The molecule has 0 aliphatic heterocycles. The first-order valence-electron chi connectivity index (χ1n) is 8.01. The maximum atomic E-state index is 13.3. The molecule has 1 N–H and O–H groups in total. The molecule has 3 rings (SSSR count). The first kappa shape index (κ1) is 17.3. The van der Waals surface area contributed by atoms with Crippen LogP contribution in [-0.2, 0) is 6.54 Å². The van der Waals surface area contributed by atoms with E-state index in [1.54, 1.807) is 24.5 Å². The monoisotopic (exact) mass is 347 g/mol. The van der Waals surface area contributed by atoms with E-state index >= 15 is 0 Å². The first-order chi connectivity index (χ1) is 12.6. The average Bonchev–Trinajstić information content (AvgIpc) is 2.62. The Balaban J connectivity index is 1.79. The van der Waals surface area contributed by atoms with Crippen LogP contribution in [0.4, 0.5) is 16.0 Å². The summed E-state index contributed by atoms with van der Waals surface area (Å²) in [5.41, 5.74) is 6.01. The van der Waals surface area contributed by atoms with E-state index in [1.807, 2.05) is 36.2 Å². The first-order valence-corrected chi connectivity index (χ1v) is 8.01. The summed E-state index contributed by atoms with van der Waals surface area (Å²) in [7, 11) is 1.96. The fraction of sp³-hybridized carbons (Fsp3) is 0.100. The molecule has 0 saturated carbocycles. The van der Waals surface area contributed by atoms with Crippen LogP contribution in [0.25, 0.3) is 11.3 Å². The largest absolute Gasteiger partial charge is 0.370 e. The number of hydrogen-bond donors (Lipinski definition) is 1. The van der Waals surface area contributed by atoms with Crippen molar-refractivity contribution in [2.45, 2.75) is 6.54 Å². The molecular formula is C20H18FN5. The number of benzene rings is 1. The zero-order valence-corrected chi connectivity index (χ0v) is 14.4. The minimum Gasteiger partial charge on any atom is -0.370 e. The molecule has 1 aromatic carbocycles. The van der Waals surface area contributed by atoms with E-state index in [2.05, 4.69) is 32.6 Å². The van der Waals surface area contributed by atoms with Crippen molar-refractivity contribution >= 4 is 11.6 Å². The number of nitrogens with zero attached hydrogens (tertiary/aromatic N) is 4. The molecular weight excluding hydrogens is 329 g/mol. The van der Waals surface area contributed by atoms with Crippen molar-refractivity contribution in [3.05, 3.63) is 84.9 Å². The van der Waals surface area contributed by atoms with Crippen molar-refractivity contribution in [2.24, 2.45) is 0 Å². The SMILES string of the molecule is C=C=CN(C)Cc1cccc(Nc2nccc(-c3ccnc(F)c3)n2)c1. The molecule has 0 saturated heterocycles. The molecule has 26 heavy (non-hydrogen) atoms. The van der Waals surface area contributed by atoms with Gasteiger partial charge in [-0.3, -0.25) is 0 Å². The summed E-state index contributed by atoms with van der Waals surface area (Å²) in [5, 5.41) is 3.19. The number of rotatable bonds is 6. The second-order valence-electron chi connectivity index (χ2n) is 5.71. The third-order valence-electron chi connectivity index (χ3n) is 3.60. The van der Waals surface area contributed by atoms with Crippen molar-refractivity contribution < 1.29 is 4.39 Å². The molecule has 0 radical (unpaired) electrons. The molecule has 3 aromatic rings. The van der Waals surface area contributed by atoms with Gasteiger partial charge in [-0.2, -0.15) is 4.39 Å². The molecule has 0 spiro atoms. The summed E-state index contributed by atoms with van der Waals surface area (Å²) in [5.74, 6) is -0.0998. The number of hydrogen-bond acceptors (Lipinski definition) is 5. The van der Waals surface area contributed by atoms with E-state index in [0.29, 0.717) is 17.2 Å². The van der Waals surface area contributed by atoms with Crippen molar-refractivity contribution in [1.82, 2.24) is 19.9 Å². The Kier molecular flexibility index (Phi) is 5.37. The second kappa shape index (κ2) is 8.05. The fourth-order valence-electron chi connectivity index (χ4n) is 2.51. The van der Waals surface area contributed by atoms with Crippen LogP contribution >= 0.6 is 0 Å². The number of anilines is 2. The van der Waals surface area contributed by atoms with Gasteiger partial charge in [0.15, 0.2) is 0 Å². The van der Waals surface area contributed by atoms with Gasteiger partial charge in [-0.15, -0.1) is 5.73 Å². The summed E-state index contributed by atoms with van der Waals surface area (Å²) >= 11 is 0. The summed E-state index contributed by atoms with van der Waals surface area (Å²) in [6, 6.07) is 12.7. The minimum atomic E-state index is -0.541. The highest BCUT2D eigenvalue weighted by atomic mass is 19.1. The molecule has 0 unspecified atom stereocenters. The smallest absolute Gasteiger partial charge is 0.227 e. The maximum Gasteiger partial charge on any atom is 0.227 e. The molecule has 0 aliphatic carbocycles. The Labute approximate surface area is 151 Å². The van der Waals surface area contributed by atoms with Gasteiger partial charge in [0.05, 0.1) is 5.69 Å². The summed E-state index contributed by atoms with van der Waals surface area (Å²) < 4.78 is 13.3. The molecule has 0 amide bonds. The molecule has 2 aromatic heterocycles. The van der Waals surface area contributed by atoms with Gasteiger partial charge in [0.2, 0.25) is 11.9 Å². The van der Waals surface area contributed by atoms with Gasteiger partial charge in [-0.25, -0.2) is 15.0 Å². The number of nitrogens with one attached hydrogen (secondary N) is 1. The summed E-state index contributed by atoms with van der Waals surface area (Å²) in [6.45, 7) is 4.31. The van der Waals surface area contributed by atoms with Crippen LogP contribution in [0.3, 0.4) is 0 Å². The third-order valence-corrected chi connectivity index (χ3v) is 3.60. The topological polar surface area (TPSA) is 53.9 Å². The Bertz CT molecular complexity index is 950. The van der Waals surface area contributed by atoms with Crippen LogP contribution in [0.15, 0.2) is 73.4 Å². The normalized spacial score (nSPS) is 10.1. The molecule has 6 heteroatoms. The summed E-state index contributed by atoms with van der Waals surface area (Å²) in [6.07, 6.45) is 4.84. The zero-order chi connectivity index (χ0) is 18.4. The van der Waals surface area contributed by atoms with Gasteiger partial charge >= 0.3 is 0 Å². The van der Waals surface area contributed by atoms with E-state index in [1.165, 1.54) is 12.3 Å². The van der Waals surface area contributed by atoms with Gasteiger partial charge in [0.1, 0.15) is 0 Å². The van der Waals surface area contributed by atoms with Crippen molar-refractivity contribution in [3.8, 4) is 11.3 Å². The highest BCUT2D eigenvalue weighted by Gasteiger charge is 2.05. The second-order valence-corrected chi connectivity index (χ2v) is 5.71. The standard InChI is InChI=1S/C20H18FN5/c1-3-11-26(2)14-15-5-4-6-17(12-15)24-20-23-10-8-18(25-20)16-7-9-22-19(21)13-16/h4-13H,1,14H2,2H3,(H,23,24,25). The lowest BCUT2D eigenvalue weighted by molar-refractivity contribution is 0.452. The van der Waals surface area contributed by atoms with Gasteiger partial charge in [0.25, 0.3) is 0 Å². The van der Waals surface area contributed by atoms with E-state index in [0.717, 1.165) is 17.8 Å². The van der Waals surface area contributed by atoms with E-state index in [9.17, 15) is 4.39 Å². The molecule has 5 nitrogen and oxygen atoms in total. The van der Waals surface area contributed by atoms with E-state index in [4.69, 9.17) is 0 Å². The minimum absolute atomic E-state index is 0.441. The third kappa shape index (κ3) is 4.53. The highest BCUT2D eigenvalue weighted by Crippen LogP contribution is 2.20. The number of aromatic nitrogens is 3. The van der Waals surface area contributed by atoms with E-state index < -0.39 is 5.95 Å². The predicted octanol–water partition coefficient (Wildman–Crippen LogP) is 4.15. The Morgan fingerprint density at radius 3 is 2.85 bits per heavy atom. The van der Waals surface area contributed by atoms with Crippen LogP contribution in [0.2, 0.25) is 0 Å². The van der Waals surface area contributed by atoms with Crippen LogP contribution in [0, 0.1) is 5.95 Å². The lowest BCUT2D eigenvalue weighted by Crippen LogP contribution is -2.09. The predicted molar refractivity (Wildman–Crippen MR) is 100 cm³/mol. The molecule has 130 valence electrons. The zero-order valence-electron chi connectivity index (χ0n) is 14.4. The fourth-order valence-corrected chi connectivity index (χ4v) is 2.51. The molecule has 0 aliphatic rings. The number of halogens is 1. The average molecular weight is 347 g/mol. The summed E-state index contributed by atoms with van der Waals surface area (Å²) in [4.78, 5) is 14.2. The van der Waals surface area contributed by atoms with Crippen LogP contribution in [0.5, 0.6) is 0 Å². The highest BCUT2D eigenvalue weighted by molar-refractivity contribution is 5.61. The van der Waals surface area contributed by atoms with Crippen LogP contribution in [-0.4, -0.2) is 26.9 Å². The lowest BCUT2D eigenvalue weighted by Gasteiger charge is -2.14. The Morgan fingerprint density at radius 1 is 1.19 bits per heavy atom. The Hall–Kier alpha value is -3.50. The molecule has 2 heterocycles. The molecule has 0 bridgehead atoms. The van der Waals surface area contributed by atoms with Gasteiger partial charge < -0.3 is 10.2 Å². The lowest BCUT2D eigenvalue weighted by atomic mass is 10.2. The van der Waals surface area contributed by atoms with Crippen molar-refractivity contribution in [2.75, 3.05) is 12.4 Å². The molecule has 0 atom stereocenters. The van der Waals surface area contributed by atoms with Crippen LogP contribution < -0.4 is 5.32 Å². The van der Waals surface area contributed by atoms with Gasteiger partial charge in [-0.05, 0) is 29.8 Å². The van der Waals surface area contributed by atoms with Crippen molar-refractivity contribution in [1.29, 1.82) is 0 Å². The number of pyridine rings is 1. The van der Waals surface area contributed by atoms with Crippen LogP contribution in [0.1, 0.15) is 5.56 Å². The quantitative estimate of drug-likeness (QED) is 0.536. The molecule has 0 fully saturated rings. The van der Waals surface area contributed by atoms with Gasteiger partial charge in [0, 0.05) is 49.5 Å². The van der Waals surface area contributed by atoms with Gasteiger partial charge in [-0.1, -0.05) is 18.7 Å². The van der Waals surface area contributed by atoms with E-state index in [-0.39, 0.29) is 0 Å².